The first-order valence-corrected chi connectivity index (χ1v) is 9.40. The van der Waals surface area contributed by atoms with Gasteiger partial charge in [0.1, 0.15) is 0 Å². The maximum absolute atomic E-state index is 12.4. The Kier molecular flexibility index (Phi) is 4.89. The highest BCUT2D eigenvalue weighted by Crippen LogP contribution is 2.21. The standard InChI is InChI=1S/C17H16ClN3O3S/c1-11-3-5-13(6-4-11)16-19-17(24-20-16)12(2)21-25(22,23)15-9-7-14(18)8-10-15/h3-10,12,21H,1-2H3/t12-/m1/s1. The molecule has 0 aliphatic rings. The summed E-state index contributed by atoms with van der Waals surface area (Å²) >= 11 is 5.79. The van der Waals surface area contributed by atoms with Gasteiger partial charge in [-0.2, -0.15) is 9.71 Å². The van der Waals surface area contributed by atoms with E-state index in [1.807, 2.05) is 31.2 Å². The van der Waals surface area contributed by atoms with E-state index >= 15 is 0 Å². The average Bonchev–Trinajstić information content (AvgIpc) is 3.06. The number of nitrogens with zero attached hydrogens (tertiary/aromatic N) is 2. The van der Waals surface area contributed by atoms with Crippen LogP contribution in [-0.4, -0.2) is 18.6 Å². The number of hydrogen-bond acceptors (Lipinski definition) is 5. The summed E-state index contributed by atoms with van der Waals surface area (Å²) in [5.41, 5.74) is 1.92. The Balaban J connectivity index is 1.78. The van der Waals surface area contributed by atoms with Crippen LogP contribution in [0, 0.1) is 6.92 Å². The Bertz CT molecular complexity index is 967. The van der Waals surface area contributed by atoms with Gasteiger partial charge < -0.3 is 4.52 Å². The van der Waals surface area contributed by atoms with E-state index in [4.69, 9.17) is 16.1 Å². The lowest BCUT2D eigenvalue weighted by Crippen LogP contribution is -2.27. The lowest BCUT2D eigenvalue weighted by Gasteiger charge is -2.10. The summed E-state index contributed by atoms with van der Waals surface area (Å²) < 4.78 is 32.5. The zero-order valence-electron chi connectivity index (χ0n) is 13.6. The molecule has 1 aromatic heterocycles. The van der Waals surface area contributed by atoms with E-state index in [-0.39, 0.29) is 10.8 Å². The second kappa shape index (κ2) is 6.95. The van der Waals surface area contributed by atoms with Gasteiger partial charge in [0.2, 0.25) is 21.7 Å². The predicted molar refractivity (Wildman–Crippen MR) is 94.7 cm³/mol. The van der Waals surface area contributed by atoms with Crippen molar-refractivity contribution >= 4 is 21.6 Å². The smallest absolute Gasteiger partial charge is 0.244 e. The minimum absolute atomic E-state index is 0.113. The van der Waals surface area contributed by atoms with Crippen LogP contribution in [0.3, 0.4) is 0 Å². The molecular formula is C17H16ClN3O3S. The fourth-order valence-corrected chi connectivity index (χ4v) is 3.52. The van der Waals surface area contributed by atoms with E-state index in [0.29, 0.717) is 10.8 Å². The minimum atomic E-state index is -3.72. The van der Waals surface area contributed by atoms with Crippen LogP contribution in [0.2, 0.25) is 5.02 Å². The van der Waals surface area contributed by atoms with Crippen LogP contribution in [-0.2, 0) is 10.0 Å². The topological polar surface area (TPSA) is 85.1 Å². The predicted octanol–water partition coefficient (Wildman–Crippen LogP) is 3.74. The molecule has 3 rings (SSSR count). The molecule has 1 heterocycles. The van der Waals surface area contributed by atoms with E-state index < -0.39 is 16.1 Å². The highest BCUT2D eigenvalue weighted by atomic mass is 35.5. The molecule has 0 bridgehead atoms. The van der Waals surface area contributed by atoms with E-state index in [2.05, 4.69) is 14.9 Å². The molecule has 0 unspecified atom stereocenters. The monoisotopic (exact) mass is 377 g/mol. The average molecular weight is 378 g/mol. The number of aromatic nitrogens is 2. The number of nitrogens with one attached hydrogen (secondary N) is 1. The van der Waals surface area contributed by atoms with Crippen LogP contribution >= 0.6 is 11.6 Å². The molecule has 0 saturated heterocycles. The zero-order chi connectivity index (χ0) is 18.0. The van der Waals surface area contributed by atoms with Gasteiger partial charge in [-0.05, 0) is 38.1 Å². The first kappa shape index (κ1) is 17.6. The SMILES string of the molecule is Cc1ccc(-c2noc([C@@H](C)NS(=O)(=O)c3ccc(Cl)cc3)n2)cc1. The highest BCUT2D eigenvalue weighted by Gasteiger charge is 2.22. The summed E-state index contributed by atoms with van der Waals surface area (Å²) in [6.45, 7) is 3.62. The van der Waals surface area contributed by atoms with Crippen molar-refractivity contribution in [3.63, 3.8) is 0 Å². The van der Waals surface area contributed by atoms with Crippen molar-refractivity contribution in [3.05, 3.63) is 65.0 Å². The van der Waals surface area contributed by atoms with Gasteiger partial charge in [-0.15, -0.1) is 0 Å². The van der Waals surface area contributed by atoms with Gasteiger partial charge in [0.15, 0.2) is 0 Å². The molecule has 0 fully saturated rings. The van der Waals surface area contributed by atoms with Gasteiger partial charge in [0, 0.05) is 10.6 Å². The molecule has 3 aromatic rings. The largest absolute Gasteiger partial charge is 0.337 e. The van der Waals surface area contributed by atoms with Crippen LogP contribution in [0.1, 0.15) is 24.4 Å². The molecule has 0 spiro atoms. The molecule has 1 N–H and O–H groups in total. The Hall–Kier alpha value is -2.22. The summed E-state index contributed by atoms with van der Waals surface area (Å²) in [4.78, 5) is 4.39. The third-order valence-corrected chi connectivity index (χ3v) is 5.39. The Morgan fingerprint density at radius 3 is 2.36 bits per heavy atom. The van der Waals surface area contributed by atoms with Gasteiger partial charge in [0.25, 0.3) is 0 Å². The molecule has 6 nitrogen and oxygen atoms in total. The molecule has 0 saturated carbocycles. The van der Waals surface area contributed by atoms with Crippen LogP contribution in [0.25, 0.3) is 11.4 Å². The summed E-state index contributed by atoms with van der Waals surface area (Å²) in [5.74, 6) is 0.598. The van der Waals surface area contributed by atoms with E-state index in [1.165, 1.54) is 24.3 Å². The molecule has 8 heteroatoms. The number of rotatable bonds is 5. The summed E-state index contributed by atoms with van der Waals surface area (Å²) in [6.07, 6.45) is 0. The number of hydrogen-bond donors (Lipinski definition) is 1. The number of benzene rings is 2. The van der Waals surface area contributed by atoms with Gasteiger partial charge in [-0.3, -0.25) is 0 Å². The lowest BCUT2D eigenvalue weighted by atomic mass is 10.1. The summed E-state index contributed by atoms with van der Waals surface area (Å²) in [7, 11) is -3.72. The Labute approximate surface area is 150 Å². The third kappa shape index (κ3) is 4.07. The molecular weight excluding hydrogens is 362 g/mol. The highest BCUT2D eigenvalue weighted by molar-refractivity contribution is 7.89. The van der Waals surface area contributed by atoms with Crippen LogP contribution in [0.5, 0.6) is 0 Å². The number of aryl methyl sites for hydroxylation is 1. The summed E-state index contributed by atoms with van der Waals surface area (Å²) in [5, 5.41) is 4.38. The van der Waals surface area contributed by atoms with Crippen LogP contribution < -0.4 is 4.72 Å². The van der Waals surface area contributed by atoms with E-state index in [0.717, 1.165) is 11.1 Å². The molecule has 0 aliphatic carbocycles. The Morgan fingerprint density at radius 2 is 1.72 bits per heavy atom. The quantitative estimate of drug-likeness (QED) is 0.732. The van der Waals surface area contributed by atoms with Gasteiger partial charge in [-0.1, -0.05) is 46.6 Å². The molecule has 0 amide bonds. The molecule has 2 aromatic carbocycles. The molecule has 0 radical (unpaired) electrons. The van der Waals surface area contributed by atoms with Gasteiger partial charge in [0.05, 0.1) is 10.9 Å². The first-order chi connectivity index (χ1) is 11.8. The number of halogens is 1. The molecule has 1 atom stereocenters. The molecule has 130 valence electrons. The van der Waals surface area contributed by atoms with Crippen molar-refractivity contribution in [1.29, 1.82) is 0 Å². The van der Waals surface area contributed by atoms with Crippen molar-refractivity contribution in [2.24, 2.45) is 0 Å². The zero-order valence-corrected chi connectivity index (χ0v) is 15.2. The van der Waals surface area contributed by atoms with Crippen molar-refractivity contribution < 1.29 is 12.9 Å². The lowest BCUT2D eigenvalue weighted by molar-refractivity contribution is 0.354. The van der Waals surface area contributed by atoms with Crippen LogP contribution in [0.15, 0.2) is 57.9 Å². The van der Waals surface area contributed by atoms with Crippen molar-refractivity contribution in [2.45, 2.75) is 24.8 Å². The van der Waals surface area contributed by atoms with E-state index in [9.17, 15) is 8.42 Å². The third-order valence-electron chi connectivity index (χ3n) is 3.58. The maximum atomic E-state index is 12.4. The number of sulfonamides is 1. The normalized spacial score (nSPS) is 12.9. The molecule has 0 aliphatic heterocycles. The van der Waals surface area contributed by atoms with Crippen molar-refractivity contribution in [2.75, 3.05) is 0 Å². The van der Waals surface area contributed by atoms with Gasteiger partial charge >= 0.3 is 0 Å². The molecule has 25 heavy (non-hydrogen) atoms. The van der Waals surface area contributed by atoms with Crippen molar-refractivity contribution in [3.8, 4) is 11.4 Å². The summed E-state index contributed by atoms with van der Waals surface area (Å²) in [6, 6.07) is 12.9. The minimum Gasteiger partial charge on any atom is -0.337 e. The van der Waals surface area contributed by atoms with Crippen LogP contribution in [0.4, 0.5) is 0 Å². The first-order valence-electron chi connectivity index (χ1n) is 7.54. The second-order valence-corrected chi connectivity index (χ2v) is 7.77. The maximum Gasteiger partial charge on any atom is 0.244 e. The van der Waals surface area contributed by atoms with Crippen molar-refractivity contribution in [1.82, 2.24) is 14.9 Å². The van der Waals surface area contributed by atoms with E-state index in [1.54, 1.807) is 6.92 Å². The fraction of sp³-hybridized carbons (Fsp3) is 0.176. The fourth-order valence-electron chi connectivity index (χ4n) is 2.20. The van der Waals surface area contributed by atoms with Gasteiger partial charge in [-0.25, -0.2) is 8.42 Å². The second-order valence-electron chi connectivity index (χ2n) is 5.62. The Morgan fingerprint density at radius 1 is 1.08 bits per heavy atom.